The van der Waals surface area contributed by atoms with Gasteiger partial charge in [-0.25, -0.2) is 0 Å². The van der Waals surface area contributed by atoms with Crippen molar-refractivity contribution < 1.29 is 14.6 Å². The van der Waals surface area contributed by atoms with Crippen molar-refractivity contribution in [3.05, 3.63) is 69.6 Å². The molecule has 0 unspecified atom stereocenters. The molecule has 1 amide bonds. The van der Waals surface area contributed by atoms with Crippen molar-refractivity contribution in [2.75, 3.05) is 20.3 Å². The fourth-order valence-corrected chi connectivity index (χ4v) is 6.22. The summed E-state index contributed by atoms with van der Waals surface area (Å²) in [5, 5.41) is 13.4. The number of likely N-dealkylation sites (tertiary alicyclic amines) is 1. The zero-order valence-electron chi connectivity index (χ0n) is 19.9. The van der Waals surface area contributed by atoms with Gasteiger partial charge < -0.3 is 19.7 Å². The van der Waals surface area contributed by atoms with Crippen molar-refractivity contribution in [2.24, 2.45) is 11.8 Å². The van der Waals surface area contributed by atoms with Gasteiger partial charge in [0, 0.05) is 42.8 Å². The number of carbonyl (C=O) groups excluding carboxylic acids is 1. The minimum Gasteiger partial charge on any atom is -0.497 e. The number of ether oxygens (including phenoxy) is 1. The van der Waals surface area contributed by atoms with Crippen molar-refractivity contribution >= 4 is 11.5 Å². The number of allylic oxidation sites excluding steroid dienone is 2. The third kappa shape index (κ3) is 3.77. The van der Waals surface area contributed by atoms with Crippen LogP contribution < -0.4 is 15.6 Å². The number of aliphatic hydroxyl groups excluding tert-OH is 1. The minimum atomic E-state index is -0.434. The van der Waals surface area contributed by atoms with E-state index >= 15 is 0 Å². The second kappa shape index (κ2) is 9.39. The first-order valence-corrected chi connectivity index (χ1v) is 12.3. The number of methoxy groups -OCH3 is 1. The molecule has 34 heavy (non-hydrogen) atoms. The highest BCUT2D eigenvalue weighted by Crippen LogP contribution is 2.49. The average Bonchev–Trinajstić information content (AvgIpc) is 3.58. The molecule has 0 spiro atoms. The normalized spacial score (nSPS) is 25.7. The summed E-state index contributed by atoms with van der Waals surface area (Å²) < 4.78 is 7.17. The van der Waals surface area contributed by atoms with Crippen LogP contribution in [-0.4, -0.2) is 46.8 Å². The van der Waals surface area contributed by atoms with Crippen LogP contribution in [0.2, 0.25) is 0 Å². The molecular formula is C27H33N3O4. The average molecular weight is 464 g/mol. The molecule has 7 nitrogen and oxygen atoms in total. The summed E-state index contributed by atoms with van der Waals surface area (Å²) in [4.78, 5) is 28.9. The van der Waals surface area contributed by atoms with Crippen molar-refractivity contribution in [1.82, 2.24) is 14.8 Å². The molecule has 0 saturated carbocycles. The Morgan fingerprint density at radius 1 is 1.26 bits per heavy atom. The maximum atomic E-state index is 13.4. The Hall–Kier alpha value is -2.90. The van der Waals surface area contributed by atoms with Crippen molar-refractivity contribution in [3.8, 4) is 5.75 Å². The Labute approximate surface area is 200 Å². The quantitative estimate of drug-likeness (QED) is 0.660. The van der Waals surface area contributed by atoms with E-state index in [1.807, 2.05) is 41.8 Å². The van der Waals surface area contributed by atoms with Crippen LogP contribution in [0, 0.1) is 11.8 Å². The molecule has 2 aliphatic heterocycles. The van der Waals surface area contributed by atoms with Crippen molar-refractivity contribution in [1.29, 1.82) is 0 Å². The summed E-state index contributed by atoms with van der Waals surface area (Å²) in [5.74, 6) is 0.460. The van der Waals surface area contributed by atoms with E-state index in [0.717, 1.165) is 47.4 Å². The van der Waals surface area contributed by atoms with Crippen LogP contribution in [0.3, 0.4) is 0 Å². The van der Waals surface area contributed by atoms with E-state index in [4.69, 9.17) is 4.74 Å². The van der Waals surface area contributed by atoms with Crippen LogP contribution in [0.1, 0.15) is 49.0 Å². The second-order valence-corrected chi connectivity index (χ2v) is 9.51. The molecule has 1 saturated heterocycles. The summed E-state index contributed by atoms with van der Waals surface area (Å²) in [5.41, 5.74) is 3.93. The number of aliphatic hydroxyl groups is 1. The first-order valence-electron chi connectivity index (χ1n) is 12.3. The number of rotatable bonds is 7. The van der Waals surface area contributed by atoms with Crippen molar-refractivity contribution in [2.45, 2.75) is 51.4 Å². The van der Waals surface area contributed by atoms with Gasteiger partial charge in [0.25, 0.3) is 5.56 Å². The lowest BCUT2D eigenvalue weighted by Gasteiger charge is -2.29. The number of hydrogen-bond acceptors (Lipinski definition) is 5. The minimum absolute atomic E-state index is 0.0260. The Bertz CT molecular complexity index is 1170. The second-order valence-electron chi connectivity index (χ2n) is 9.51. The molecular weight excluding hydrogens is 430 g/mol. The lowest BCUT2D eigenvalue weighted by atomic mass is 9.88. The van der Waals surface area contributed by atoms with E-state index in [-0.39, 0.29) is 36.0 Å². The molecule has 3 aliphatic rings. The highest BCUT2D eigenvalue weighted by Gasteiger charge is 2.55. The summed E-state index contributed by atoms with van der Waals surface area (Å²) >= 11 is 0. The van der Waals surface area contributed by atoms with E-state index < -0.39 is 6.04 Å². The Kier molecular flexibility index (Phi) is 6.32. The Morgan fingerprint density at radius 3 is 2.82 bits per heavy atom. The third-order valence-corrected chi connectivity index (χ3v) is 7.81. The van der Waals surface area contributed by atoms with Gasteiger partial charge in [-0.05, 0) is 61.2 Å². The number of fused-ring (bicyclic) bond motifs is 3. The molecule has 2 aromatic rings. The van der Waals surface area contributed by atoms with E-state index in [0.29, 0.717) is 19.6 Å². The lowest BCUT2D eigenvalue weighted by molar-refractivity contribution is -0.127. The summed E-state index contributed by atoms with van der Waals surface area (Å²) in [6.07, 6.45) is 5.27. The first kappa shape index (κ1) is 22.9. The van der Waals surface area contributed by atoms with Gasteiger partial charge in [-0.1, -0.05) is 25.1 Å². The number of nitrogens with one attached hydrogen (secondary N) is 1. The predicted octanol–water partition coefficient (Wildman–Crippen LogP) is 2.72. The van der Waals surface area contributed by atoms with Gasteiger partial charge in [0.2, 0.25) is 5.91 Å². The molecule has 1 aliphatic carbocycles. The number of hydrogen-bond donors (Lipinski definition) is 2. The lowest BCUT2D eigenvalue weighted by Crippen LogP contribution is -2.48. The summed E-state index contributed by atoms with van der Waals surface area (Å²) in [7, 11) is 1.62. The molecule has 0 bridgehead atoms. The molecule has 0 radical (unpaired) electrons. The number of amides is 1. The van der Waals surface area contributed by atoms with Gasteiger partial charge in [0.05, 0.1) is 19.2 Å². The first-order chi connectivity index (χ1) is 16.6. The molecule has 7 heteroatoms. The molecule has 2 N–H and O–H groups in total. The molecule has 4 atom stereocenters. The summed E-state index contributed by atoms with van der Waals surface area (Å²) in [6.45, 7) is 3.55. The van der Waals surface area contributed by atoms with Gasteiger partial charge in [-0.15, -0.1) is 0 Å². The molecule has 5 rings (SSSR count). The number of carbonyl (C=O) groups is 1. The maximum Gasteiger partial charge on any atom is 0.258 e. The van der Waals surface area contributed by atoms with Crippen LogP contribution in [0.15, 0.2) is 47.3 Å². The number of aromatic nitrogens is 1. The van der Waals surface area contributed by atoms with Crippen molar-refractivity contribution in [3.63, 3.8) is 0 Å². The van der Waals surface area contributed by atoms with Crippen LogP contribution in [-0.2, 0) is 17.9 Å². The van der Waals surface area contributed by atoms with Crippen LogP contribution >= 0.6 is 0 Å². The standard InChI is InChI=1S/C27H33N3O4/c1-3-29-24-21(15-30-23(24)12-11-20(27(30)33)18-8-4-5-9-18)22(16-31)25(29)26(32)28-14-17-7-6-10-19(13-17)34-2/h6-8,10-13,21-22,24-25,31H,3-5,9,14-16H2,1-2H3,(H,28,32)/t21-,22-,24+,25-/m0/s1. The molecule has 1 fully saturated rings. The maximum absolute atomic E-state index is 13.4. The topological polar surface area (TPSA) is 83.8 Å². The van der Waals surface area contributed by atoms with E-state index in [1.165, 1.54) is 0 Å². The SMILES string of the molecule is CCN1[C@H](C(=O)NCc2cccc(OC)c2)[C@@H](CO)[C@@H]2Cn3c(ccc(C4=CCCC4)c3=O)[C@@H]21. The smallest absolute Gasteiger partial charge is 0.258 e. The largest absolute Gasteiger partial charge is 0.497 e. The van der Waals surface area contributed by atoms with E-state index in [1.54, 1.807) is 7.11 Å². The monoisotopic (exact) mass is 463 g/mol. The predicted molar refractivity (Wildman–Crippen MR) is 130 cm³/mol. The fourth-order valence-electron chi connectivity index (χ4n) is 6.22. The van der Waals surface area contributed by atoms with Gasteiger partial charge in [0.15, 0.2) is 0 Å². The van der Waals surface area contributed by atoms with Gasteiger partial charge in [-0.2, -0.15) is 0 Å². The van der Waals surface area contributed by atoms with Gasteiger partial charge in [0.1, 0.15) is 5.75 Å². The zero-order valence-corrected chi connectivity index (χ0v) is 19.9. The van der Waals surface area contributed by atoms with E-state index in [9.17, 15) is 14.7 Å². The van der Waals surface area contributed by atoms with Crippen LogP contribution in [0.4, 0.5) is 0 Å². The zero-order chi connectivity index (χ0) is 23.8. The molecule has 1 aromatic heterocycles. The number of likely N-dealkylation sites (N-methyl/N-ethyl adjacent to an activating group) is 1. The molecule has 180 valence electrons. The number of nitrogens with zero attached hydrogens (tertiary/aromatic N) is 2. The number of pyridine rings is 1. The highest BCUT2D eigenvalue weighted by atomic mass is 16.5. The third-order valence-electron chi connectivity index (χ3n) is 7.81. The van der Waals surface area contributed by atoms with Gasteiger partial charge >= 0.3 is 0 Å². The molecule has 1 aromatic carbocycles. The number of benzene rings is 1. The summed E-state index contributed by atoms with van der Waals surface area (Å²) in [6, 6.07) is 11.2. The Balaban J connectivity index is 1.40. The highest BCUT2D eigenvalue weighted by molar-refractivity contribution is 5.83. The van der Waals surface area contributed by atoms with Gasteiger partial charge in [-0.3, -0.25) is 14.5 Å². The fraction of sp³-hybridized carbons (Fsp3) is 0.481. The van der Waals surface area contributed by atoms with Crippen LogP contribution in [0.25, 0.3) is 5.57 Å². The van der Waals surface area contributed by atoms with E-state index in [2.05, 4.69) is 22.4 Å². The molecule has 3 heterocycles. The van der Waals surface area contributed by atoms with Crippen LogP contribution in [0.5, 0.6) is 5.75 Å². The Morgan fingerprint density at radius 2 is 2.12 bits per heavy atom.